The van der Waals surface area contributed by atoms with Crippen LogP contribution >= 0.6 is 0 Å². The first kappa shape index (κ1) is 17.3. The molecule has 1 saturated heterocycles. The molecule has 0 saturated carbocycles. The molecule has 2 rings (SSSR count). The van der Waals surface area contributed by atoms with Gasteiger partial charge in [0.05, 0.1) is 5.25 Å². The van der Waals surface area contributed by atoms with Gasteiger partial charge < -0.3 is 15.0 Å². The zero-order chi connectivity index (χ0) is 17.0. The highest BCUT2D eigenvalue weighted by Gasteiger charge is 2.32. The van der Waals surface area contributed by atoms with E-state index in [1.54, 1.807) is 24.3 Å². The van der Waals surface area contributed by atoms with Crippen LogP contribution in [0.5, 0.6) is 5.75 Å². The quantitative estimate of drug-likeness (QED) is 0.836. The standard InChI is InChI=1S/C16H22N2O4S/c1-12(2)11-22-14-6-4-5-13(9-14)17-16(19)18-8-7-15(10-18)23(3,20)21/h4-6,9,15H,1,7-8,10-11H2,2-3H3,(H,17,19). The molecule has 1 fully saturated rings. The lowest BCUT2D eigenvalue weighted by Gasteiger charge is -2.17. The predicted octanol–water partition coefficient (Wildman–Crippen LogP) is 2.29. The Morgan fingerprint density at radius 3 is 2.83 bits per heavy atom. The normalized spacial score (nSPS) is 17.8. The van der Waals surface area contributed by atoms with Crippen molar-refractivity contribution < 1.29 is 17.9 Å². The second-order valence-electron chi connectivity index (χ2n) is 5.89. The first-order chi connectivity index (χ1) is 10.8. The van der Waals surface area contributed by atoms with Crippen LogP contribution in [0, 0.1) is 0 Å². The molecule has 0 aromatic heterocycles. The van der Waals surface area contributed by atoms with Gasteiger partial charge in [-0.2, -0.15) is 0 Å². The Bertz CT molecular complexity index is 700. The number of carbonyl (C=O) groups excluding carboxylic acids is 1. The summed E-state index contributed by atoms with van der Waals surface area (Å²) in [6, 6.07) is 6.77. The summed E-state index contributed by atoms with van der Waals surface area (Å²) in [5.74, 6) is 0.640. The van der Waals surface area contributed by atoms with E-state index in [1.165, 1.54) is 11.2 Å². The zero-order valence-corrected chi connectivity index (χ0v) is 14.2. The van der Waals surface area contributed by atoms with Crippen molar-refractivity contribution in [2.75, 3.05) is 31.3 Å². The molecule has 7 heteroatoms. The lowest BCUT2D eigenvalue weighted by Crippen LogP contribution is -2.34. The molecule has 0 radical (unpaired) electrons. The van der Waals surface area contributed by atoms with E-state index in [9.17, 15) is 13.2 Å². The first-order valence-electron chi connectivity index (χ1n) is 7.38. The van der Waals surface area contributed by atoms with Crippen LogP contribution in [-0.4, -0.2) is 50.6 Å². The molecule has 1 atom stereocenters. The summed E-state index contributed by atoms with van der Waals surface area (Å²) in [5, 5.41) is 2.30. The summed E-state index contributed by atoms with van der Waals surface area (Å²) in [4.78, 5) is 13.8. The number of rotatable bonds is 5. The Morgan fingerprint density at radius 2 is 2.22 bits per heavy atom. The van der Waals surface area contributed by atoms with Crippen LogP contribution in [0.1, 0.15) is 13.3 Å². The van der Waals surface area contributed by atoms with Crippen LogP contribution in [-0.2, 0) is 9.84 Å². The maximum Gasteiger partial charge on any atom is 0.321 e. The summed E-state index contributed by atoms with van der Waals surface area (Å²) >= 11 is 0. The summed E-state index contributed by atoms with van der Waals surface area (Å²) in [7, 11) is -3.11. The molecule has 0 aliphatic carbocycles. The molecule has 2 amide bonds. The Hall–Kier alpha value is -2.02. The smallest absolute Gasteiger partial charge is 0.321 e. The molecule has 1 aliphatic heterocycles. The summed E-state index contributed by atoms with van der Waals surface area (Å²) in [6.45, 7) is 6.73. The molecule has 126 valence electrons. The second kappa shape index (κ2) is 7.04. The molecule has 1 aromatic carbocycles. The van der Waals surface area contributed by atoms with E-state index in [4.69, 9.17) is 4.74 Å². The topological polar surface area (TPSA) is 75.7 Å². The van der Waals surface area contributed by atoms with Gasteiger partial charge in [-0.15, -0.1) is 0 Å². The molecule has 0 bridgehead atoms. The highest BCUT2D eigenvalue weighted by atomic mass is 32.2. The van der Waals surface area contributed by atoms with E-state index < -0.39 is 15.1 Å². The Morgan fingerprint density at radius 1 is 1.48 bits per heavy atom. The van der Waals surface area contributed by atoms with Gasteiger partial charge in [-0.1, -0.05) is 12.6 Å². The number of ether oxygens (including phenoxy) is 1. The third-order valence-electron chi connectivity index (χ3n) is 3.61. The lowest BCUT2D eigenvalue weighted by molar-refractivity contribution is 0.222. The van der Waals surface area contributed by atoms with Crippen molar-refractivity contribution in [1.29, 1.82) is 0 Å². The van der Waals surface area contributed by atoms with Crippen molar-refractivity contribution in [2.45, 2.75) is 18.6 Å². The molecular formula is C16H22N2O4S. The van der Waals surface area contributed by atoms with Gasteiger partial charge in [0.15, 0.2) is 9.84 Å². The van der Waals surface area contributed by atoms with E-state index in [2.05, 4.69) is 11.9 Å². The van der Waals surface area contributed by atoms with Crippen LogP contribution in [0.15, 0.2) is 36.4 Å². The second-order valence-corrected chi connectivity index (χ2v) is 8.22. The number of nitrogens with zero attached hydrogens (tertiary/aromatic N) is 1. The van der Waals surface area contributed by atoms with Gasteiger partial charge >= 0.3 is 6.03 Å². The number of likely N-dealkylation sites (tertiary alicyclic amines) is 1. The number of anilines is 1. The van der Waals surface area contributed by atoms with E-state index >= 15 is 0 Å². The van der Waals surface area contributed by atoms with Crippen LogP contribution in [0.25, 0.3) is 0 Å². The molecular weight excluding hydrogens is 316 g/mol. The van der Waals surface area contributed by atoms with Gasteiger partial charge in [-0.05, 0) is 31.1 Å². The predicted molar refractivity (Wildman–Crippen MR) is 90.6 cm³/mol. The number of hydrogen-bond acceptors (Lipinski definition) is 4. The van der Waals surface area contributed by atoms with Crippen molar-refractivity contribution in [3.63, 3.8) is 0 Å². The third-order valence-corrected chi connectivity index (χ3v) is 5.20. The molecule has 0 spiro atoms. The summed E-state index contributed by atoms with van der Waals surface area (Å²) in [6.07, 6.45) is 1.69. The fourth-order valence-electron chi connectivity index (χ4n) is 2.33. The minimum Gasteiger partial charge on any atom is -0.489 e. The molecule has 1 heterocycles. The number of hydrogen-bond donors (Lipinski definition) is 1. The Labute approximate surface area is 137 Å². The van der Waals surface area contributed by atoms with Crippen molar-refractivity contribution in [1.82, 2.24) is 4.90 Å². The number of carbonyl (C=O) groups is 1. The number of amides is 2. The fraction of sp³-hybridized carbons (Fsp3) is 0.438. The van der Waals surface area contributed by atoms with Crippen molar-refractivity contribution in [3.8, 4) is 5.75 Å². The van der Waals surface area contributed by atoms with E-state index in [1.807, 2.05) is 6.92 Å². The Balaban J connectivity index is 1.96. The fourth-order valence-corrected chi connectivity index (χ4v) is 3.32. The maximum atomic E-state index is 12.2. The number of urea groups is 1. The third kappa shape index (κ3) is 4.99. The van der Waals surface area contributed by atoms with Crippen LogP contribution < -0.4 is 10.1 Å². The van der Waals surface area contributed by atoms with Crippen molar-refractivity contribution in [3.05, 3.63) is 36.4 Å². The summed E-state index contributed by atoms with van der Waals surface area (Å²) < 4.78 is 28.6. The van der Waals surface area contributed by atoms with E-state index in [0.717, 1.165) is 5.57 Å². The van der Waals surface area contributed by atoms with Gasteiger partial charge in [0, 0.05) is 31.1 Å². The first-order valence-corrected chi connectivity index (χ1v) is 9.33. The largest absolute Gasteiger partial charge is 0.489 e. The van der Waals surface area contributed by atoms with Crippen molar-refractivity contribution >= 4 is 21.6 Å². The minimum atomic E-state index is -3.11. The molecule has 1 N–H and O–H groups in total. The van der Waals surface area contributed by atoms with Gasteiger partial charge in [0.2, 0.25) is 0 Å². The van der Waals surface area contributed by atoms with Gasteiger partial charge in [0.25, 0.3) is 0 Å². The number of benzene rings is 1. The maximum absolute atomic E-state index is 12.2. The average molecular weight is 338 g/mol. The molecule has 23 heavy (non-hydrogen) atoms. The average Bonchev–Trinajstić information content (AvgIpc) is 2.95. The Kier molecular flexibility index (Phi) is 5.30. The highest BCUT2D eigenvalue weighted by Crippen LogP contribution is 2.20. The zero-order valence-electron chi connectivity index (χ0n) is 13.4. The number of sulfone groups is 1. The molecule has 1 aromatic rings. The van der Waals surface area contributed by atoms with Crippen LogP contribution in [0.4, 0.5) is 10.5 Å². The van der Waals surface area contributed by atoms with Gasteiger partial charge in [-0.3, -0.25) is 0 Å². The van der Waals surface area contributed by atoms with Gasteiger partial charge in [0.1, 0.15) is 12.4 Å². The van der Waals surface area contributed by atoms with Crippen LogP contribution in [0.3, 0.4) is 0 Å². The summed E-state index contributed by atoms with van der Waals surface area (Å²) in [5.41, 5.74) is 1.51. The van der Waals surface area contributed by atoms with E-state index in [-0.39, 0.29) is 12.6 Å². The lowest BCUT2D eigenvalue weighted by atomic mass is 10.3. The monoisotopic (exact) mass is 338 g/mol. The van der Waals surface area contributed by atoms with Gasteiger partial charge in [-0.25, -0.2) is 13.2 Å². The molecule has 1 aliphatic rings. The molecule has 6 nitrogen and oxygen atoms in total. The molecule has 1 unspecified atom stereocenters. The highest BCUT2D eigenvalue weighted by molar-refractivity contribution is 7.91. The SMILES string of the molecule is C=C(C)COc1cccc(NC(=O)N2CCC(S(C)(=O)=O)C2)c1. The minimum absolute atomic E-state index is 0.233. The van der Waals surface area contributed by atoms with Crippen molar-refractivity contribution in [2.24, 2.45) is 0 Å². The van der Waals surface area contributed by atoms with Crippen LogP contribution in [0.2, 0.25) is 0 Å². The van der Waals surface area contributed by atoms with E-state index in [0.29, 0.717) is 31.0 Å². The number of nitrogens with one attached hydrogen (secondary N) is 1.